The molecule has 1 amide bonds. The summed E-state index contributed by atoms with van der Waals surface area (Å²) >= 11 is 0. The molecule has 0 aliphatic carbocycles. The van der Waals surface area contributed by atoms with E-state index in [0.717, 1.165) is 45.2 Å². The summed E-state index contributed by atoms with van der Waals surface area (Å²) in [5.74, 6) is -0.00554. The van der Waals surface area contributed by atoms with Crippen molar-refractivity contribution in [2.24, 2.45) is 5.92 Å². The highest BCUT2D eigenvalue weighted by Gasteiger charge is 2.25. The normalized spacial score (nSPS) is 13.9. The third-order valence-corrected chi connectivity index (χ3v) is 4.84. The lowest BCUT2D eigenvalue weighted by Crippen LogP contribution is -2.50. The van der Waals surface area contributed by atoms with Crippen molar-refractivity contribution in [1.82, 2.24) is 21.3 Å². The Morgan fingerprint density at radius 2 is 1.18 bits per heavy atom. The van der Waals surface area contributed by atoms with Crippen LogP contribution >= 0.6 is 0 Å². The molecule has 0 aromatic rings. The van der Waals surface area contributed by atoms with Gasteiger partial charge in [-0.2, -0.15) is 0 Å². The number of unbranched alkanes of at least 4 members (excludes halogenated alkanes) is 2. The first kappa shape index (κ1) is 27.0. The second-order valence-corrected chi connectivity index (χ2v) is 8.67. The molecule has 0 saturated carbocycles. The first-order valence-electron chi connectivity index (χ1n) is 11.2. The molecule has 0 saturated heterocycles. The standard InChI is InChI=1S/C22H46N4O2/c1-16(2)21(27)19(12-8-10-14-24-17(3)4)26-22(28)20(23-7)13-9-11-15-25-18(5)6/h16-20,23-25H,8-15H2,1-7H3,(H,26,28). The largest absolute Gasteiger partial charge is 0.345 e. The summed E-state index contributed by atoms with van der Waals surface area (Å²) in [6, 6.07) is 0.330. The zero-order valence-corrected chi connectivity index (χ0v) is 19.4. The maximum Gasteiger partial charge on any atom is 0.237 e. The zero-order chi connectivity index (χ0) is 21.5. The van der Waals surface area contributed by atoms with Gasteiger partial charge in [0, 0.05) is 18.0 Å². The van der Waals surface area contributed by atoms with Crippen molar-refractivity contribution < 1.29 is 9.59 Å². The molecule has 0 aliphatic heterocycles. The van der Waals surface area contributed by atoms with Crippen LogP contribution in [0.3, 0.4) is 0 Å². The molecule has 2 atom stereocenters. The lowest BCUT2D eigenvalue weighted by molar-refractivity contribution is -0.130. The van der Waals surface area contributed by atoms with Gasteiger partial charge in [0.25, 0.3) is 0 Å². The van der Waals surface area contributed by atoms with Crippen molar-refractivity contribution in [3.05, 3.63) is 0 Å². The van der Waals surface area contributed by atoms with Crippen LogP contribution in [0.2, 0.25) is 0 Å². The van der Waals surface area contributed by atoms with Crippen LogP contribution in [0.5, 0.6) is 0 Å². The molecular weight excluding hydrogens is 352 g/mol. The molecule has 0 radical (unpaired) electrons. The smallest absolute Gasteiger partial charge is 0.237 e. The molecule has 4 N–H and O–H groups in total. The van der Waals surface area contributed by atoms with Gasteiger partial charge in [0.1, 0.15) is 0 Å². The number of amides is 1. The molecule has 28 heavy (non-hydrogen) atoms. The zero-order valence-electron chi connectivity index (χ0n) is 19.4. The molecule has 6 nitrogen and oxygen atoms in total. The van der Waals surface area contributed by atoms with Gasteiger partial charge in [-0.05, 0) is 52.2 Å². The van der Waals surface area contributed by atoms with Gasteiger partial charge in [-0.15, -0.1) is 0 Å². The molecule has 0 bridgehead atoms. The second-order valence-electron chi connectivity index (χ2n) is 8.67. The van der Waals surface area contributed by atoms with E-state index in [-0.39, 0.29) is 29.7 Å². The van der Waals surface area contributed by atoms with E-state index in [2.05, 4.69) is 49.0 Å². The molecule has 0 aliphatic rings. The minimum atomic E-state index is -0.384. The van der Waals surface area contributed by atoms with Gasteiger partial charge >= 0.3 is 0 Å². The van der Waals surface area contributed by atoms with Crippen LogP contribution < -0.4 is 21.3 Å². The summed E-state index contributed by atoms with van der Waals surface area (Å²) in [6.45, 7) is 14.2. The molecule has 6 heteroatoms. The fourth-order valence-electron chi connectivity index (χ4n) is 3.10. The Balaban J connectivity index is 4.49. The predicted molar refractivity (Wildman–Crippen MR) is 119 cm³/mol. The second kappa shape index (κ2) is 15.9. The predicted octanol–water partition coefficient (Wildman–Crippen LogP) is 2.62. The number of rotatable bonds is 17. The Labute approximate surface area is 173 Å². The number of carbonyl (C=O) groups excluding carboxylic acids is 2. The summed E-state index contributed by atoms with van der Waals surface area (Å²) in [6.07, 6.45) is 5.44. The van der Waals surface area contributed by atoms with Gasteiger partial charge in [-0.1, -0.05) is 48.0 Å². The highest BCUT2D eigenvalue weighted by Crippen LogP contribution is 2.09. The first-order chi connectivity index (χ1) is 13.2. The van der Waals surface area contributed by atoms with E-state index in [0.29, 0.717) is 18.5 Å². The van der Waals surface area contributed by atoms with Crippen molar-refractivity contribution in [2.45, 2.75) is 104 Å². The van der Waals surface area contributed by atoms with Crippen LogP contribution in [0, 0.1) is 5.92 Å². The minimum Gasteiger partial charge on any atom is -0.345 e. The van der Waals surface area contributed by atoms with Gasteiger partial charge in [0.15, 0.2) is 5.78 Å². The van der Waals surface area contributed by atoms with Crippen LogP contribution in [0.4, 0.5) is 0 Å². The molecule has 0 aromatic heterocycles. The van der Waals surface area contributed by atoms with E-state index in [1.807, 2.05) is 20.9 Å². The van der Waals surface area contributed by atoms with Crippen molar-refractivity contribution in [1.29, 1.82) is 0 Å². The van der Waals surface area contributed by atoms with Crippen molar-refractivity contribution in [2.75, 3.05) is 20.1 Å². The molecule has 166 valence electrons. The fraction of sp³-hybridized carbons (Fsp3) is 0.909. The van der Waals surface area contributed by atoms with Gasteiger partial charge < -0.3 is 21.3 Å². The average Bonchev–Trinajstić information content (AvgIpc) is 2.61. The Bertz CT molecular complexity index is 425. The van der Waals surface area contributed by atoms with E-state index in [4.69, 9.17) is 0 Å². The highest BCUT2D eigenvalue weighted by molar-refractivity contribution is 5.91. The molecule has 0 rings (SSSR count). The van der Waals surface area contributed by atoms with Crippen molar-refractivity contribution in [3.63, 3.8) is 0 Å². The highest BCUT2D eigenvalue weighted by atomic mass is 16.2. The molecule has 0 aromatic carbocycles. The van der Waals surface area contributed by atoms with E-state index in [9.17, 15) is 9.59 Å². The number of Topliss-reactive ketones (excluding diaryl/α,β-unsaturated/α-hetero) is 1. The fourth-order valence-corrected chi connectivity index (χ4v) is 3.10. The summed E-state index contributed by atoms with van der Waals surface area (Å²) in [4.78, 5) is 25.3. The molecule has 2 unspecified atom stereocenters. The van der Waals surface area contributed by atoms with Crippen LogP contribution in [-0.4, -0.2) is 56.0 Å². The van der Waals surface area contributed by atoms with Gasteiger partial charge in [0.2, 0.25) is 5.91 Å². The topological polar surface area (TPSA) is 82.3 Å². The Morgan fingerprint density at radius 1 is 0.714 bits per heavy atom. The first-order valence-corrected chi connectivity index (χ1v) is 11.2. The molecule has 0 heterocycles. The SMILES string of the molecule is CNC(CCCCNC(C)C)C(=O)NC(CCCCNC(C)C)C(=O)C(C)C. The maximum absolute atomic E-state index is 12.7. The lowest BCUT2D eigenvalue weighted by Gasteiger charge is -2.23. The van der Waals surface area contributed by atoms with E-state index < -0.39 is 0 Å². The number of hydrogen-bond acceptors (Lipinski definition) is 5. The monoisotopic (exact) mass is 398 g/mol. The van der Waals surface area contributed by atoms with Gasteiger partial charge in [-0.3, -0.25) is 9.59 Å². The Hall–Kier alpha value is -0.980. The van der Waals surface area contributed by atoms with E-state index >= 15 is 0 Å². The van der Waals surface area contributed by atoms with Crippen LogP contribution in [0.1, 0.15) is 80.1 Å². The summed E-state index contributed by atoms with van der Waals surface area (Å²) in [5, 5.41) is 12.9. The van der Waals surface area contributed by atoms with E-state index in [1.54, 1.807) is 0 Å². The Morgan fingerprint density at radius 3 is 1.57 bits per heavy atom. The van der Waals surface area contributed by atoms with Crippen LogP contribution in [0.15, 0.2) is 0 Å². The third-order valence-electron chi connectivity index (χ3n) is 4.84. The number of carbonyl (C=O) groups is 2. The van der Waals surface area contributed by atoms with Gasteiger partial charge in [-0.25, -0.2) is 0 Å². The van der Waals surface area contributed by atoms with E-state index in [1.165, 1.54) is 0 Å². The summed E-state index contributed by atoms with van der Waals surface area (Å²) in [7, 11) is 1.81. The maximum atomic E-state index is 12.7. The Kier molecular flexibility index (Phi) is 15.3. The van der Waals surface area contributed by atoms with Crippen LogP contribution in [-0.2, 0) is 9.59 Å². The van der Waals surface area contributed by atoms with Gasteiger partial charge in [0.05, 0.1) is 12.1 Å². The quantitative estimate of drug-likeness (QED) is 0.283. The molecule has 0 spiro atoms. The summed E-state index contributed by atoms with van der Waals surface area (Å²) in [5.41, 5.74) is 0. The lowest BCUT2D eigenvalue weighted by atomic mass is 9.96. The van der Waals surface area contributed by atoms with Crippen molar-refractivity contribution in [3.8, 4) is 0 Å². The molecular formula is C22H46N4O2. The third kappa shape index (κ3) is 13.2. The molecule has 0 fully saturated rings. The number of nitrogens with one attached hydrogen (secondary N) is 4. The summed E-state index contributed by atoms with van der Waals surface area (Å²) < 4.78 is 0. The average molecular weight is 399 g/mol. The number of ketones is 1. The number of hydrogen-bond donors (Lipinski definition) is 4. The van der Waals surface area contributed by atoms with Crippen molar-refractivity contribution >= 4 is 11.7 Å². The minimum absolute atomic E-state index is 0.0568. The van der Waals surface area contributed by atoms with Crippen LogP contribution in [0.25, 0.3) is 0 Å². The number of likely N-dealkylation sites (N-methyl/N-ethyl adjacent to an activating group) is 1.